The van der Waals surface area contributed by atoms with Gasteiger partial charge in [0.2, 0.25) is 5.91 Å². The number of aliphatic imine (C=N–C) groups is 1. The Hall–Kier alpha value is -2.57. The number of benzene rings is 1. The van der Waals surface area contributed by atoms with E-state index in [1.807, 2.05) is 20.0 Å². The number of carbonyl (C=O) groups excluding carboxylic acids is 1. The van der Waals surface area contributed by atoms with Gasteiger partial charge in [0.1, 0.15) is 5.82 Å². The van der Waals surface area contributed by atoms with Crippen molar-refractivity contribution in [3.8, 4) is 0 Å². The van der Waals surface area contributed by atoms with Gasteiger partial charge in [-0.15, -0.1) is 0 Å². The number of aromatic nitrogens is 1. The van der Waals surface area contributed by atoms with Gasteiger partial charge in [0, 0.05) is 49.7 Å². The fourth-order valence-corrected chi connectivity index (χ4v) is 2.47. The molecular formula is C18H26FN5O. The second-order valence-corrected chi connectivity index (χ2v) is 6.13. The van der Waals surface area contributed by atoms with Crippen LogP contribution in [0.2, 0.25) is 0 Å². The van der Waals surface area contributed by atoms with Gasteiger partial charge in [-0.25, -0.2) is 4.39 Å². The zero-order chi connectivity index (χ0) is 18.2. The number of carbonyl (C=O) groups is 1. The van der Waals surface area contributed by atoms with Crippen molar-refractivity contribution >= 4 is 22.8 Å². The molecule has 1 amide bonds. The highest BCUT2D eigenvalue weighted by Gasteiger charge is 2.06. The van der Waals surface area contributed by atoms with E-state index in [1.54, 1.807) is 13.1 Å². The van der Waals surface area contributed by atoms with Gasteiger partial charge in [0.15, 0.2) is 5.96 Å². The van der Waals surface area contributed by atoms with Crippen molar-refractivity contribution in [2.45, 2.75) is 20.3 Å². The summed E-state index contributed by atoms with van der Waals surface area (Å²) in [6.07, 6.45) is 2.69. The summed E-state index contributed by atoms with van der Waals surface area (Å²) < 4.78 is 13.2. The van der Waals surface area contributed by atoms with E-state index < -0.39 is 0 Å². The van der Waals surface area contributed by atoms with Crippen LogP contribution in [0.5, 0.6) is 0 Å². The molecule has 0 fully saturated rings. The van der Waals surface area contributed by atoms with Crippen molar-refractivity contribution in [3.63, 3.8) is 0 Å². The van der Waals surface area contributed by atoms with Gasteiger partial charge < -0.3 is 20.9 Å². The number of aromatic amines is 1. The summed E-state index contributed by atoms with van der Waals surface area (Å²) in [5.74, 6) is 0.473. The molecule has 4 N–H and O–H groups in total. The van der Waals surface area contributed by atoms with E-state index in [1.165, 1.54) is 12.1 Å². The molecule has 1 aromatic heterocycles. The van der Waals surface area contributed by atoms with Gasteiger partial charge in [0.05, 0.1) is 0 Å². The molecule has 0 atom stereocenters. The molecular weight excluding hydrogens is 321 g/mol. The lowest BCUT2D eigenvalue weighted by Gasteiger charge is -2.13. The molecule has 2 rings (SSSR count). The van der Waals surface area contributed by atoms with Gasteiger partial charge in [-0.1, -0.05) is 13.8 Å². The Labute approximate surface area is 147 Å². The van der Waals surface area contributed by atoms with E-state index in [0.717, 1.165) is 22.9 Å². The fourth-order valence-electron chi connectivity index (χ4n) is 2.47. The largest absolute Gasteiger partial charge is 0.361 e. The van der Waals surface area contributed by atoms with Gasteiger partial charge in [-0.05, 0) is 30.2 Å². The number of H-pyrrole nitrogens is 1. The fraction of sp³-hybridized carbons (Fsp3) is 0.444. The highest BCUT2D eigenvalue weighted by molar-refractivity contribution is 5.83. The molecule has 136 valence electrons. The van der Waals surface area contributed by atoms with Gasteiger partial charge in [-0.3, -0.25) is 9.79 Å². The number of fused-ring (bicyclic) bond motifs is 1. The standard InChI is InChI=1S/C18H26FN5O/c1-12(2)17(25)21-8-9-23-18(20-3)22-7-6-13-11-24-16-10-14(19)4-5-15(13)16/h4-5,10-12,24H,6-9H2,1-3H3,(H,21,25)(H2,20,22,23). The lowest BCUT2D eigenvalue weighted by Crippen LogP contribution is -2.42. The van der Waals surface area contributed by atoms with E-state index >= 15 is 0 Å². The minimum absolute atomic E-state index is 0.0120. The SMILES string of the molecule is CN=C(NCCNC(=O)C(C)C)NCCc1c[nH]c2cc(F)ccc12. The first-order valence-corrected chi connectivity index (χ1v) is 8.49. The first kappa shape index (κ1) is 18.8. The van der Waals surface area contributed by atoms with E-state index in [9.17, 15) is 9.18 Å². The Morgan fingerprint density at radius 3 is 2.64 bits per heavy atom. The van der Waals surface area contributed by atoms with Gasteiger partial charge in [-0.2, -0.15) is 0 Å². The van der Waals surface area contributed by atoms with Crippen LogP contribution < -0.4 is 16.0 Å². The molecule has 0 aliphatic rings. The Morgan fingerprint density at radius 1 is 1.20 bits per heavy atom. The van der Waals surface area contributed by atoms with Crippen molar-refractivity contribution in [1.82, 2.24) is 20.9 Å². The van der Waals surface area contributed by atoms with Crippen LogP contribution in [0.3, 0.4) is 0 Å². The second kappa shape index (κ2) is 9.05. The van der Waals surface area contributed by atoms with Crippen LogP contribution in [0.25, 0.3) is 10.9 Å². The van der Waals surface area contributed by atoms with Crippen LogP contribution in [0.1, 0.15) is 19.4 Å². The summed E-state index contributed by atoms with van der Waals surface area (Å²) in [6, 6.07) is 4.76. The summed E-state index contributed by atoms with van der Waals surface area (Å²) in [6.45, 7) is 5.57. The lowest BCUT2D eigenvalue weighted by atomic mass is 10.1. The number of guanidine groups is 1. The quantitative estimate of drug-likeness (QED) is 0.350. The molecule has 0 saturated heterocycles. The van der Waals surface area contributed by atoms with E-state index in [0.29, 0.717) is 25.6 Å². The van der Waals surface area contributed by atoms with Crippen molar-refractivity contribution < 1.29 is 9.18 Å². The molecule has 1 aromatic carbocycles. The molecule has 0 spiro atoms. The number of hydrogen-bond acceptors (Lipinski definition) is 2. The molecule has 0 aliphatic carbocycles. The maximum atomic E-state index is 13.2. The third-order valence-corrected chi connectivity index (χ3v) is 3.88. The average molecular weight is 347 g/mol. The Bertz CT molecular complexity index is 738. The maximum absolute atomic E-state index is 13.2. The highest BCUT2D eigenvalue weighted by atomic mass is 19.1. The van der Waals surface area contributed by atoms with Crippen LogP contribution in [-0.4, -0.2) is 43.5 Å². The summed E-state index contributed by atoms with van der Waals surface area (Å²) in [4.78, 5) is 18.7. The summed E-state index contributed by atoms with van der Waals surface area (Å²) >= 11 is 0. The highest BCUT2D eigenvalue weighted by Crippen LogP contribution is 2.19. The Morgan fingerprint density at radius 2 is 1.92 bits per heavy atom. The molecule has 0 radical (unpaired) electrons. The van der Waals surface area contributed by atoms with Gasteiger partial charge in [0.25, 0.3) is 0 Å². The number of halogens is 1. The Balaban J connectivity index is 1.74. The van der Waals surface area contributed by atoms with Crippen LogP contribution >= 0.6 is 0 Å². The molecule has 6 nitrogen and oxygen atoms in total. The average Bonchev–Trinajstić information content (AvgIpc) is 2.98. The minimum atomic E-state index is -0.242. The van der Waals surface area contributed by atoms with Crippen LogP contribution in [-0.2, 0) is 11.2 Å². The van der Waals surface area contributed by atoms with Crippen LogP contribution in [0, 0.1) is 11.7 Å². The van der Waals surface area contributed by atoms with E-state index in [4.69, 9.17) is 0 Å². The van der Waals surface area contributed by atoms with Gasteiger partial charge >= 0.3 is 0 Å². The zero-order valence-corrected chi connectivity index (χ0v) is 14.9. The van der Waals surface area contributed by atoms with Crippen LogP contribution in [0.15, 0.2) is 29.4 Å². The Kier molecular flexibility index (Phi) is 6.80. The van der Waals surface area contributed by atoms with Crippen molar-refractivity contribution in [3.05, 3.63) is 35.8 Å². The first-order chi connectivity index (χ1) is 12.0. The lowest BCUT2D eigenvalue weighted by molar-refractivity contribution is -0.123. The smallest absolute Gasteiger partial charge is 0.222 e. The number of amides is 1. The predicted molar refractivity (Wildman–Crippen MR) is 99.2 cm³/mol. The third-order valence-electron chi connectivity index (χ3n) is 3.88. The molecule has 0 saturated carbocycles. The molecule has 0 unspecified atom stereocenters. The second-order valence-electron chi connectivity index (χ2n) is 6.13. The molecule has 2 aromatic rings. The number of rotatable bonds is 7. The van der Waals surface area contributed by atoms with Crippen molar-refractivity contribution in [2.75, 3.05) is 26.7 Å². The molecule has 7 heteroatoms. The van der Waals surface area contributed by atoms with Crippen molar-refractivity contribution in [1.29, 1.82) is 0 Å². The summed E-state index contributed by atoms with van der Waals surface area (Å²) in [5.41, 5.74) is 1.93. The maximum Gasteiger partial charge on any atom is 0.222 e. The summed E-state index contributed by atoms with van der Waals surface area (Å²) in [5, 5.41) is 10.3. The van der Waals surface area contributed by atoms with E-state index in [-0.39, 0.29) is 17.6 Å². The molecule has 25 heavy (non-hydrogen) atoms. The van der Waals surface area contributed by atoms with E-state index in [2.05, 4.69) is 25.9 Å². The normalized spacial score (nSPS) is 11.8. The molecule has 1 heterocycles. The van der Waals surface area contributed by atoms with Crippen molar-refractivity contribution in [2.24, 2.45) is 10.9 Å². The molecule has 0 aliphatic heterocycles. The molecule has 0 bridgehead atoms. The minimum Gasteiger partial charge on any atom is -0.361 e. The zero-order valence-electron chi connectivity index (χ0n) is 14.9. The number of hydrogen-bond donors (Lipinski definition) is 4. The van der Waals surface area contributed by atoms with Crippen LogP contribution in [0.4, 0.5) is 4.39 Å². The number of nitrogens with zero attached hydrogens (tertiary/aromatic N) is 1. The summed E-state index contributed by atoms with van der Waals surface area (Å²) in [7, 11) is 1.70. The third kappa shape index (κ3) is 5.48. The predicted octanol–water partition coefficient (Wildman–Crippen LogP) is 1.79. The number of nitrogens with one attached hydrogen (secondary N) is 4. The first-order valence-electron chi connectivity index (χ1n) is 8.49. The topological polar surface area (TPSA) is 81.3 Å². The monoisotopic (exact) mass is 347 g/mol.